The number of nitrogens with zero attached hydrogens (tertiary/aromatic N) is 1. The maximum Gasteiger partial charge on any atom is 0.254 e. The van der Waals surface area contributed by atoms with Gasteiger partial charge in [0.25, 0.3) is 5.91 Å². The molecule has 0 radical (unpaired) electrons. The van der Waals surface area contributed by atoms with E-state index in [1.165, 1.54) is 0 Å². The van der Waals surface area contributed by atoms with Crippen molar-refractivity contribution in [3.05, 3.63) is 22.2 Å². The van der Waals surface area contributed by atoms with E-state index in [0.717, 1.165) is 0 Å². The van der Waals surface area contributed by atoms with Crippen molar-refractivity contribution in [2.75, 3.05) is 27.4 Å². The summed E-state index contributed by atoms with van der Waals surface area (Å²) in [7, 11) is 3.13. The summed E-state index contributed by atoms with van der Waals surface area (Å²) in [5.41, 5.74) is 0.549. The Kier molecular flexibility index (Phi) is 5.11. The maximum absolute atomic E-state index is 12.7. The highest BCUT2D eigenvalue weighted by Gasteiger charge is 2.29. The third kappa shape index (κ3) is 3.32. The van der Waals surface area contributed by atoms with Crippen molar-refractivity contribution in [3.63, 3.8) is 0 Å². The molecule has 0 saturated carbocycles. The molecule has 6 heteroatoms. The number of halogens is 1. The molecule has 1 heterocycles. The molecular weight excluding hydrogens is 338 g/mol. The quantitative estimate of drug-likeness (QED) is 0.834. The van der Waals surface area contributed by atoms with Crippen molar-refractivity contribution in [1.82, 2.24) is 4.90 Å². The molecule has 1 aliphatic rings. The lowest BCUT2D eigenvalue weighted by molar-refractivity contribution is -0.0387. The van der Waals surface area contributed by atoms with Gasteiger partial charge in [0, 0.05) is 12.1 Å². The van der Waals surface area contributed by atoms with E-state index in [2.05, 4.69) is 15.9 Å². The number of morpholine rings is 1. The molecule has 116 valence electrons. The highest BCUT2D eigenvalue weighted by Crippen LogP contribution is 2.36. The van der Waals surface area contributed by atoms with Crippen LogP contribution < -0.4 is 9.47 Å². The molecule has 0 unspecified atom stereocenters. The second kappa shape index (κ2) is 6.66. The number of carbonyl (C=O) groups is 1. The first-order valence-corrected chi connectivity index (χ1v) is 7.61. The lowest BCUT2D eigenvalue weighted by Crippen LogP contribution is -2.50. The Morgan fingerprint density at radius 2 is 1.86 bits per heavy atom. The molecule has 0 N–H and O–H groups in total. The smallest absolute Gasteiger partial charge is 0.254 e. The van der Waals surface area contributed by atoms with Gasteiger partial charge < -0.3 is 19.1 Å². The van der Waals surface area contributed by atoms with Crippen molar-refractivity contribution >= 4 is 21.8 Å². The van der Waals surface area contributed by atoms with Gasteiger partial charge in [0.2, 0.25) is 0 Å². The molecule has 0 spiro atoms. The maximum atomic E-state index is 12.7. The third-order valence-corrected chi connectivity index (χ3v) is 4.34. The summed E-state index contributed by atoms with van der Waals surface area (Å²) in [6.45, 7) is 5.09. The molecule has 1 saturated heterocycles. The molecule has 1 aromatic carbocycles. The van der Waals surface area contributed by atoms with Crippen molar-refractivity contribution in [2.45, 2.75) is 26.0 Å². The summed E-state index contributed by atoms with van der Waals surface area (Å²) in [4.78, 5) is 14.6. The highest BCUT2D eigenvalue weighted by atomic mass is 79.9. The van der Waals surface area contributed by atoms with Gasteiger partial charge >= 0.3 is 0 Å². The van der Waals surface area contributed by atoms with Crippen LogP contribution in [0.3, 0.4) is 0 Å². The van der Waals surface area contributed by atoms with Crippen molar-refractivity contribution in [1.29, 1.82) is 0 Å². The number of carbonyl (C=O) groups excluding carboxylic acids is 1. The van der Waals surface area contributed by atoms with Gasteiger partial charge in [-0.2, -0.15) is 0 Å². The fourth-order valence-corrected chi connectivity index (χ4v) is 2.90. The van der Waals surface area contributed by atoms with E-state index < -0.39 is 0 Å². The van der Waals surface area contributed by atoms with Crippen LogP contribution in [0.25, 0.3) is 0 Å². The zero-order chi connectivity index (χ0) is 15.6. The number of hydrogen-bond donors (Lipinski definition) is 0. The number of ether oxygens (including phenoxy) is 3. The number of methoxy groups -OCH3 is 2. The van der Waals surface area contributed by atoms with Gasteiger partial charge in [-0.1, -0.05) is 0 Å². The second-order valence-corrected chi connectivity index (χ2v) is 5.94. The predicted molar refractivity (Wildman–Crippen MR) is 83.2 cm³/mol. The van der Waals surface area contributed by atoms with Crippen LogP contribution in [-0.2, 0) is 4.74 Å². The standard InChI is InChI=1S/C15H20BrNO4/c1-9-8-21-10(2)7-17(9)15(18)11-5-12(19-3)14(16)13(6-11)20-4/h5-6,9-10H,7-8H2,1-4H3/t9-,10-/m1/s1. The predicted octanol–water partition coefficient (Wildman–Crippen LogP) is 2.72. The first-order valence-electron chi connectivity index (χ1n) is 6.82. The minimum absolute atomic E-state index is 0.0400. The Balaban J connectivity index is 2.34. The van der Waals surface area contributed by atoms with Gasteiger partial charge in [-0.25, -0.2) is 0 Å². The Hall–Kier alpha value is -1.27. The lowest BCUT2D eigenvalue weighted by Gasteiger charge is -2.37. The normalized spacial score (nSPS) is 22.0. The number of amides is 1. The molecular formula is C15H20BrNO4. The average molecular weight is 358 g/mol. The first kappa shape index (κ1) is 16.1. The van der Waals surface area contributed by atoms with Crippen LogP contribution in [0.1, 0.15) is 24.2 Å². The molecule has 0 aliphatic carbocycles. The fourth-order valence-electron chi connectivity index (χ4n) is 2.34. The van der Waals surface area contributed by atoms with Crippen molar-refractivity contribution < 1.29 is 19.0 Å². The van der Waals surface area contributed by atoms with Crippen LogP contribution in [0.5, 0.6) is 11.5 Å². The van der Waals surface area contributed by atoms with Gasteiger partial charge in [-0.15, -0.1) is 0 Å². The summed E-state index contributed by atoms with van der Waals surface area (Å²) in [5, 5.41) is 0. The summed E-state index contributed by atoms with van der Waals surface area (Å²) in [6, 6.07) is 3.50. The zero-order valence-corrected chi connectivity index (χ0v) is 14.3. The Morgan fingerprint density at radius 1 is 1.29 bits per heavy atom. The summed E-state index contributed by atoms with van der Waals surface area (Å²) < 4.78 is 16.8. The summed E-state index contributed by atoms with van der Waals surface area (Å²) >= 11 is 3.41. The molecule has 1 aliphatic heterocycles. The second-order valence-electron chi connectivity index (χ2n) is 5.15. The third-order valence-electron chi connectivity index (χ3n) is 3.56. The SMILES string of the molecule is COc1cc(C(=O)N2C[C@@H](C)OC[C@H]2C)cc(OC)c1Br. The molecule has 0 bridgehead atoms. The summed E-state index contributed by atoms with van der Waals surface area (Å²) in [5.74, 6) is 1.11. The monoisotopic (exact) mass is 357 g/mol. The minimum Gasteiger partial charge on any atom is -0.495 e. The van der Waals surface area contributed by atoms with E-state index >= 15 is 0 Å². The summed E-state index contributed by atoms with van der Waals surface area (Å²) in [6.07, 6.45) is 0.0457. The Morgan fingerprint density at radius 3 is 2.38 bits per heavy atom. The van der Waals surface area contributed by atoms with Crippen molar-refractivity contribution in [3.8, 4) is 11.5 Å². The van der Waals surface area contributed by atoms with Crippen LogP contribution >= 0.6 is 15.9 Å². The van der Waals surface area contributed by atoms with E-state index in [0.29, 0.717) is 34.7 Å². The topological polar surface area (TPSA) is 48.0 Å². The van der Waals surface area contributed by atoms with E-state index in [9.17, 15) is 4.79 Å². The van der Waals surface area contributed by atoms with Gasteiger partial charge in [0.15, 0.2) is 0 Å². The molecule has 1 fully saturated rings. The lowest BCUT2D eigenvalue weighted by atomic mass is 10.1. The largest absolute Gasteiger partial charge is 0.495 e. The molecule has 1 amide bonds. The van der Waals surface area contributed by atoms with Crippen LogP contribution in [-0.4, -0.2) is 50.3 Å². The number of rotatable bonds is 3. The molecule has 1 aromatic rings. The van der Waals surface area contributed by atoms with Gasteiger partial charge in [0.05, 0.1) is 33.0 Å². The Bertz CT molecular complexity index is 509. The first-order chi connectivity index (χ1) is 9.97. The van der Waals surface area contributed by atoms with Crippen molar-refractivity contribution in [2.24, 2.45) is 0 Å². The Labute approximate surface area is 133 Å². The fraction of sp³-hybridized carbons (Fsp3) is 0.533. The van der Waals surface area contributed by atoms with E-state index in [1.807, 2.05) is 18.7 Å². The number of hydrogen-bond acceptors (Lipinski definition) is 4. The van der Waals surface area contributed by atoms with E-state index in [-0.39, 0.29) is 18.1 Å². The van der Waals surface area contributed by atoms with Gasteiger partial charge in [-0.3, -0.25) is 4.79 Å². The van der Waals surface area contributed by atoms with Crippen LogP contribution in [0.15, 0.2) is 16.6 Å². The minimum atomic E-state index is -0.0400. The van der Waals surface area contributed by atoms with Crippen LogP contribution in [0, 0.1) is 0 Å². The van der Waals surface area contributed by atoms with E-state index in [1.54, 1.807) is 26.4 Å². The van der Waals surface area contributed by atoms with E-state index in [4.69, 9.17) is 14.2 Å². The number of benzene rings is 1. The van der Waals surface area contributed by atoms with Gasteiger partial charge in [-0.05, 0) is 41.9 Å². The van der Waals surface area contributed by atoms with Gasteiger partial charge in [0.1, 0.15) is 16.0 Å². The highest BCUT2D eigenvalue weighted by molar-refractivity contribution is 9.10. The zero-order valence-electron chi connectivity index (χ0n) is 12.7. The molecule has 2 atom stereocenters. The van der Waals surface area contributed by atoms with Crippen LogP contribution in [0.4, 0.5) is 0 Å². The molecule has 21 heavy (non-hydrogen) atoms. The molecule has 5 nitrogen and oxygen atoms in total. The molecule has 2 rings (SSSR count). The molecule has 0 aromatic heterocycles. The average Bonchev–Trinajstić information content (AvgIpc) is 2.49. The van der Waals surface area contributed by atoms with Crippen LogP contribution in [0.2, 0.25) is 0 Å².